The van der Waals surface area contributed by atoms with Crippen LogP contribution < -0.4 is 51.4 Å². The Bertz CT molecular complexity index is 332. The minimum Gasteiger partial charge on any atom is -0.445 e. The van der Waals surface area contributed by atoms with Gasteiger partial charge in [-0.05, 0) is 13.0 Å². The molecule has 0 spiro atoms. The molecular formula is C7H9BF3KN2. The molecule has 0 fully saturated rings. The molecule has 0 aliphatic heterocycles. The Kier molecular flexibility index (Phi) is 5.68. The summed E-state index contributed by atoms with van der Waals surface area (Å²) in [4.78, 5) is 0. The van der Waals surface area contributed by atoms with E-state index in [-0.39, 0.29) is 57.0 Å². The average Bonchev–Trinajstić information content (AvgIpc) is 2.30. The van der Waals surface area contributed by atoms with Gasteiger partial charge in [-0.1, -0.05) is 5.57 Å². The number of allylic oxidation sites excluding steroid dienone is 1. The second kappa shape index (κ2) is 5.50. The average molecular weight is 228 g/mol. The van der Waals surface area contributed by atoms with E-state index in [1.165, 1.54) is 17.8 Å². The number of rotatable bonds is 2. The fourth-order valence-electron chi connectivity index (χ4n) is 1.13. The summed E-state index contributed by atoms with van der Waals surface area (Å²) in [6.45, 7) is -3.45. The first-order valence-electron chi connectivity index (χ1n) is 3.78. The van der Waals surface area contributed by atoms with Crippen LogP contribution in [-0.4, -0.2) is 16.8 Å². The molecular weight excluding hydrogens is 219 g/mol. The van der Waals surface area contributed by atoms with Crippen molar-refractivity contribution in [3.8, 4) is 0 Å². The van der Waals surface area contributed by atoms with E-state index >= 15 is 0 Å². The number of hydrogen-bond acceptors (Lipinski definition) is 1. The van der Waals surface area contributed by atoms with E-state index in [0.29, 0.717) is 11.7 Å². The summed E-state index contributed by atoms with van der Waals surface area (Å²) in [6.07, 6.45) is 1.47. The molecule has 0 aliphatic rings. The summed E-state index contributed by atoms with van der Waals surface area (Å²) in [5.41, 5.74) is 0.673. The first-order chi connectivity index (χ1) is 5.90. The molecule has 0 bridgehead atoms. The second-order valence-electron chi connectivity index (χ2n) is 2.82. The summed E-state index contributed by atoms with van der Waals surface area (Å²) in [6, 6.07) is 1.55. The third kappa shape index (κ3) is 4.31. The van der Waals surface area contributed by atoms with Gasteiger partial charge in [-0.15, -0.1) is 5.98 Å². The molecule has 1 aromatic heterocycles. The normalized spacial score (nSPS) is 12.5. The van der Waals surface area contributed by atoms with Gasteiger partial charge < -0.3 is 12.9 Å². The Morgan fingerprint density at radius 1 is 1.50 bits per heavy atom. The number of halogens is 3. The largest absolute Gasteiger partial charge is 1.00 e. The summed E-state index contributed by atoms with van der Waals surface area (Å²) in [7, 11) is 1.61. The van der Waals surface area contributed by atoms with E-state index in [1.54, 1.807) is 13.1 Å². The molecule has 0 radical (unpaired) electrons. The molecule has 1 heterocycles. The predicted molar refractivity (Wildman–Crippen MR) is 45.9 cm³/mol. The Morgan fingerprint density at radius 2 is 2.07 bits per heavy atom. The summed E-state index contributed by atoms with van der Waals surface area (Å²) >= 11 is 0. The van der Waals surface area contributed by atoms with Crippen molar-refractivity contribution in [1.82, 2.24) is 9.78 Å². The Balaban J connectivity index is 0.00000169. The number of aromatic nitrogens is 2. The molecule has 0 saturated carbocycles. The fourth-order valence-corrected chi connectivity index (χ4v) is 1.13. The van der Waals surface area contributed by atoms with E-state index < -0.39 is 6.98 Å². The van der Waals surface area contributed by atoms with Crippen LogP contribution >= 0.6 is 0 Å². The molecule has 72 valence electrons. The van der Waals surface area contributed by atoms with E-state index in [4.69, 9.17) is 0 Å². The monoisotopic (exact) mass is 228 g/mol. The predicted octanol–water partition coefficient (Wildman–Crippen LogP) is -0.786. The first-order valence-corrected chi connectivity index (χ1v) is 3.78. The van der Waals surface area contributed by atoms with Crippen LogP contribution in [0.2, 0.25) is 0 Å². The van der Waals surface area contributed by atoms with Gasteiger partial charge in [0.15, 0.2) is 0 Å². The molecule has 0 N–H and O–H groups in total. The summed E-state index contributed by atoms with van der Waals surface area (Å²) in [5, 5.41) is 3.78. The minimum absolute atomic E-state index is 0. The van der Waals surface area contributed by atoms with Gasteiger partial charge in [0.05, 0.1) is 5.69 Å². The van der Waals surface area contributed by atoms with Gasteiger partial charge in [0.1, 0.15) is 0 Å². The Hall–Kier alpha value is 0.441. The molecule has 0 amide bonds. The van der Waals surface area contributed by atoms with Crippen LogP contribution in [0.1, 0.15) is 12.6 Å². The van der Waals surface area contributed by atoms with Crippen molar-refractivity contribution in [3.05, 3.63) is 23.9 Å². The maximum Gasteiger partial charge on any atom is 1.00 e. The third-order valence-corrected chi connectivity index (χ3v) is 1.66. The van der Waals surface area contributed by atoms with Crippen LogP contribution in [0, 0.1) is 0 Å². The van der Waals surface area contributed by atoms with Gasteiger partial charge in [0.25, 0.3) is 0 Å². The van der Waals surface area contributed by atoms with Crippen molar-refractivity contribution in [3.63, 3.8) is 0 Å². The van der Waals surface area contributed by atoms with Gasteiger partial charge in [-0.3, -0.25) is 4.68 Å². The fraction of sp³-hybridized carbons (Fsp3) is 0.286. The smallest absolute Gasteiger partial charge is 0.445 e. The van der Waals surface area contributed by atoms with Gasteiger partial charge in [0, 0.05) is 13.2 Å². The van der Waals surface area contributed by atoms with Crippen LogP contribution in [0.15, 0.2) is 18.2 Å². The Morgan fingerprint density at radius 3 is 2.43 bits per heavy atom. The van der Waals surface area contributed by atoms with Gasteiger partial charge in [-0.25, -0.2) is 0 Å². The van der Waals surface area contributed by atoms with Crippen molar-refractivity contribution in [2.45, 2.75) is 6.92 Å². The maximum absolute atomic E-state index is 12.0. The maximum atomic E-state index is 12.0. The molecule has 0 saturated heterocycles. The molecule has 2 nitrogen and oxygen atoms in total. The van der Waals surface area contributed by atoms with E-state index in [2.05, 4.69) is 5.10 Å². The topological polar surface area (TPSA) is 17.8 Å². The second-order valence-corrected chi connectivity index (χ2v) is 2.82. The first kappa shape index (κ1) is 14.4. The van der Waals surface area contributed by atoms with Crippen molar-refractivity contribution < 1.29 is 64.3 Å². The van der Waals surface area contributed by atoms with Crippen molar-refractivity contribution in [2.24, 2.45) is 7.05 Å². The number of aryl methyl sites for hydroxylation is 1. The van der Waals surface area contributed by atoms with E-state index in [1.807, 2.05) is 0 Å². The molecule has 0 aliphatic carbocycles. The van der Waals surface area contributed by atoms with Crippen molar-refractivity contribution in [1.29, 1.82) is 0 Å². The van der Waals surface area contributed by atoms with Crippen molar-refractivity contribution in [2.75, 3.05) is 0 Å². The standard InChI is InChI=1S/C7H9BF3N2.K/c1-6(5-8(9,10)11)7-3-4-12-13(7)2;/h3-5H,1-2H3;/q-1;+1/b6-5+;. The molecule has 0 aromatic carbocycles. The zero-order valence-electron chi connectivity index (χ0n) is 8.34. The molecule has 1 aromatic rings. The molecule has 14 heavy (non-hydrogen) atoms. The summed E-state index contributed by atoms with van der Waals surface area (Å²) in [5.74, 6) is 0.330. The quantitative estimate of drug-likeness (QED) is 0.607. The molecule has 0 unspecified atom stereocenters. The summed E-state index contributed by atoms with van der Waals surface area (Å²) < 4.78 is 37.4. The Labute approximate surface area is 123 Å². The van der Waals surface area contributed by atoms with Crippen LogP contribution in [0.3, 0.4) is 0 Å². The van der Waals surface area contributed by atoms with Crippen LogP contribution in [-0.2, 0) is 7.05 Å². The third-order valence-electron chi connectivity index (χ3n) is 1.66. The van der Waals surface area contributed by atoms with E-state index in [0.717, 1.165) is 0 Å². The minimum atomic E-state index is -4.87. The number of nitrogens with zero attached hydrogens (tertiary/aromatic N) is 2. The number of hydrogen-bond donors (Lipinski definition) is 0. The zero-order chi connectivity index (χ0) is 10.1. The van der Waals surface area contributed by atoms with Gasteiger partial charge in [0.2, 0.25) is 0 Å². The van der Waals surface area contributed by atoms with Crippen LogP contribution in [0.4, 0.5) is 12.9 Å². The van der Waals surface area contributed by atoms with E-state index in [9.17, 15) is 12.9 Å². The van der Waals surface area contributed by atoms with Crippen LogP contribution in [0.5, 0.6) is 0 Å². The van der Waals surface area contributed by atoms with Crippen molar-refractivity contribution >= 4 is 12.6 Å². The molecule has 7 heteroatoms. The van der Waals surface area contributed by atoms with Gasteiger partial charge >= 0.3 is 58.4 Å². The SMILES string of the molecule is C/C(=C\[B-](F)(F)F)c1ccnn1C.[K+]. The van der Waals surface area contributed by atoms with Gasteiger partial charge in [-0.2, -0.15) is 5.10 Å². The zero-order valence-corrected chi connectivity index (χ0v) is 11.5. The van der Waals surface area contributed by atoms with Crippen LogP contribution in [0.25, 0.3) is 5.57 Å². The molecule has 1 rings (SSSR count). The molecule has 0 atom stereocenters.